The lowest BCUT2D eigenvalue weighted by atomic mass is 9.97. The Bertz CT molecular complexity index is 1770. The highest BCUT2D eigenvalue weighted by atomic mass is 16.7. The summed E-state index contributed by atoms with van der Waals surface area (Å²) < 4.78 is 22.9. The van der Waals surface area contributed by atoms with Crippen LogP contribution in [0.15, 0.2) is 36.5 Å². The van der Waals surface area contributed by atoms with Gasteiger partial charge in [0.2, 0.25) is 5.91 Å². The molecule has 0 radical (unpaired) electrons. The van der Waals surface area contributed by atoms with Crippen molar-refractivity contribution in [3.8, 4) is 0 Å². The average molecular weight is 1380 g/mol. The molecule has 0 saturated carbocycles. The van der Waals surface area contributed by atoms with E-state index in [1.807, 2.05) is 6.08 Å². The molecule has 97 heavy (non-hydrogen) atoms. The Morgan fingerprint density at radius 1 is 0.361 bits per heavy atom. The fourth-order valence-corrected chi connectivity index (χ4v) is 14.0. The minimum absolute atomic E-state index is 0.245. The van der Waals surface area contributed by atoms with Gasteiger partial charge in [-0.2, -0.15) is 0 Å². The van der Waals surface area contributed by atoms with Crippen molar-refractivity contribution in [2.45, 2.75) is 466 Å². The first-order valence-electron chi connectivity index (χ1n) is 41.7. The lowest BCUT2D eigenvalue weighted by Crippen LogP contribution is -2.65. The fourth-order valence-electron chi connectivity index (χ4n) is 14.0. The molecular formula is C83H157NO13. The molecule has 0 aromatic carbocycles. The number of unbranched alkanes of at least 4 members (excludes halogenated alkanes) is 54. The van der Waals surface area contributed by atoms with Gasteiger partial charge in [0.25, 0.3) is 0 Å². The predicted molar refractivity (Wildman–Crippen MR) is 401 cm³/mol. The molecule has 2 rings (SSSR count). The highest BCUT2D eigenvalue weighted by Gasteiger charge is 2.51. The van der Waals surface area contributed by atoms with Crippen LogP contribution < -0.4 is 5.32 Å². The van der Waals surface area contributed by atoms with Crippen molar-refractivity contribution >= 4 is 5.91 Å². The Hall–Kier alpha value is -1.79. The molecule has 0 bridgehead atoms. The lowest BCUT2D eigenvalue weighted by molar-refractivity contribution is -0.359. The van der Waals surface area contributed by atoms with Crippen LogP contribution in [0.2, 0.25) is 0 Å². The number of amides is 1. The van der Waals surface area contributed by atoms with Crippen LogP contribution in [0, 0.1) is 0 Å². The van der Waals surface area contributed by atoms with Crippen molar-refractivity contribution in [2.24, 2.45) is 0 Å². The molecule has 2 aliphatic rings. The van der Waals surface area contributed by atoms with Gasteiger partial charge in [0.15, 0.2) is 12.6 Å². The molecular weight excluding hydrogens is 1220 g/mol. The van der Waals surface area contributed by atoms with E-state index in [4.69, 9.17) is 18.9 Å². The van der Waals surface area contributed by atoms with E-state index >= 15 is 0 Å². The summed E-state index contributed by atoms with van der Waals surface area (Å²) in [4.78, 5) is 13.4. The smallest absolute Gasteiger partial charge is 0.220 e. The zero-order valence-corrected chi connectivity index (χ0v) is 62.9. The molecule has 9 N–H and O–H groups in total. The van der Waals surface area contributed by atoms with Crippen LogP contribution in [0.4, 0.5) is 0 Å². The lowest BCUT2D eigenvalue weighted by Gasteiger charge is -2.46. The maximum atomic E-state index is 13.4. The molecule has 14 nitrogen and oxygen atoms in total. The number of rotatable bonds is 71. The van der Waals surface area contributed by atoms with Gasteiger partial charge >= 0.3 is 0 Å². The number of aliphatic hydroxyl groups excluding tert-OH is 8. The molecule has 1 amide bonds. The van der Waals surface area contributed by atoms with Crippen LogP contribution in [0.1, 0.15) is 393 Å². The van der Waals surface area contributed by atoms with E-state index in [9.17, 15) is 45.6 Å². The largest absolute Gasteiger partial charge is 0.394 e. The maximum Gasteiger partial charge on any atom is 0.220 e. The Labute approximate surface area is 595 Å². The second-order valence-corrected chi connectivity index (χ2v) is 29.6. The summed E-state index contributed by atoms with van der Waals surface area (Å²) in [5.41, 5.74) is 0. The number of hydrogen-bond acceptors (Lipinski definition) is 13. The maximum absolute atomic E-state index is 13.4. The van der Waals surface area contributed by atoms with Gasteiger partial charge in [0.1, 0.15) is 48.8 Å². The van der Waals surface area contributed by atoms with Gasteiger partial charge in [-0.3, -0.25) is 4.79 Å². The minimum atomic E-state index is -1.79. The van der Waals surface area contributed by atoms with E-state index in [1.165, 1.54) is 315 Å². The first-order chi connectivity index (χ1) is 47.6. The Balaban J connectivity index is 1.62. The minimum Gasteiger partial charge on any atom is -0.394 e. The first-order valence-corrected chi connectivity index (χ1v) is 41.7. The molecule has 0 aromatic heterocycles. The molecule has 0 spiro atoms. The Kier molecular flexibility index (Phi) is 63.4. The van der Waals surface area contributed by atoms with Crippen LogP contribution >= 0.6 is 0 Å². The number of hydrogen-bond donors (Lipinski definition) is 9. The van der Waals surface area contributed by atoms with Gasteiger partial charge in [-0.25, -0.2) is 0 Å². The summed E-state index contributed by atoms with van der Waals surface area (Å²) in [6.07, 6.45) is 72.5. The topological polar surface area (TPSA) is 228 Å². The SMILES string of the molecule is CCCCCCCCCCCCCCCCCCCCCCC/C=C/CC/C=C/CC/C=C/C(O)C(COC1OC(CO)C(OC2OC(CO)C(O)C(O)C2O)C(O)C1O)NC(=O)CCCCCCCCCCCCCCCCCCCCCCCCCCCCCCCCCC. The monoisotopic (exact) mass is 1380 g/mol. The predicted octanol–water partition coefficient (Wildman–Crippen LogP) is 19.2. The molecule has 572 valence electrons. The summed E-state index contributed by atoms with van der Waals surface area (Å²) in [7, 11) is 0. The van der Waals surface area contributed by atoms with Crippen LogP contribution in [-0.2, 0) is 23.7 Å². The summed E-state index contributed by atoms with van der Waals surface area (Å²) >= 11 is 0. The van der Waals surface area contributed by atoms with Crippen LogP contribution in [0.3, 0.4) is 0 Å². The number of aliphatic hydroxyl groups is 8. The van der Waals surface area contributed by atoms with Gasteiger partial charge in [0.05, 0.1) is 32.0 Å². The van der Waals surface area contributed by atoms with Crippen LogP contribution in [0.5, 0.6) is 0 Å². The summed E-state index contributed by atoms with van der Waals surface area (Å²) in [6.45, 7) is 2.85. The highest BCUT2D eigenvalue weighted by Crippen LogP contribution is 2.30. The number of carbonyl (C=O) groups is 1. The van der Waals surface area contributed by atoms with E-state index in [1.54, 1.807) is 6.08 Å². The van der Waals surface area contributed by atoms with Gasteiger partial charge in [-0.1, -0.05) is 378 Å². The second-order valence-electron chi connectivity index (χ2n) is 29.6. The van der Waals surface area contributed by atoms with E-state index in [0.717, 1.165) is 44.9 Å². The van der Waals surface area contributed by atoms with Gasteiger partial charge < -0.3 is 65.1 Å². The number of allylic oxidation sites excluding steroid dienone is 5. The molecule has 14 heteroatoms. The normalized spacial score (nSPS) is 22.2. The van der Waals surface area contributed by atoms with Crippen LogP contribution in [-0.4, -0.2) is 140 Å². The fraction of sp³-hybridized carbons (Fsp3) is 0.916. The molecule has 2 saturated heterocycles. The molecule has 2 heterocycles. The quantitative estimate of drug-likeness (QED) is 0.0204. The Morgan fingerprint density at radius 3 is 1.01 bits per heavy atom. The number of carbonyl (C=O) groups excluding carboxylic acids is 1. The summed E-state index contributed by atoms with van der Waals surface area (Å²) in [6, 6.07) is -0.938. The number of nitrogens with one attached hydrogen (secondary N) is 1. The zero-order chi connectivity index (χ0) is 70.1. The van der Waals surface area contributed by atoms with Crippen molar-refractivity contribution in [1.82, 2.24) is 5.32 Å². The van der Waals surface area contributed by atoms with Crippen molar-refractivity contribution in [3.63, 3.8) is 0 Å². The third kappa shape index (κ3) is 50.3. The van der Waals surface area contributed by atoms with E-state index in [-0.39, 0.29) is 18.9 Å². The average Bonchev–Trinajstić information content (AvgIpc) is 0.794. The van der Waals surface area contributed by atoms with E-state index in [2.05, 4.69) is 43.5 Å². The van der Waals surface area contributed by atoms with E-state index in [0.29, 0.717) is 12.8 Å². The molecule has 12 unspecified atom stereocenters. The first kappa shape index (κ1) is 91.3. The van der Waals surface area contributed by atoms with Gasteiger partial charge in [-0.15, -0.1) is 0 Å². The van der Waals surface area contributed by atoms with Crippen molar-refractivity contribution < 1.29 is 64.6 Å². The van der Waals surface area contributed by atoms with Crippen molar-refractivity contribution in [2.75, 3.05) is 19.8 Å². The zero-order valence-electron chi connectivity index (χ0n) is 62.9. The molecule has 0 aliphatic carbocycles. The van der Waals surface area contributed by atoms with Crippen molar-refractivity contribution in [1.29, 1.82) is 0 Å². The molecule has 12 atom stereocenters. The third-order valence-corrected chi connectivity index (χ3v) is 20.6. The Morgan fingerprint density at radius 2 is 0.660 bits per heavy atom. The molecule has 0 aromatic rings. The summed E-state index contributed by atoms with van der Waals surface area (Å²) in [5, 5.41) is 87.7. The number of ether oxygens (including phenoxy) is 4. The van der Waals surface area contributed by atoms with Crippen LogP contribution in [0.25, 0.3) is 0 Å². The second kappa shape index (κ2) is 67.4. The standard InChI is InChI=1S/C83H157NO13/c1-3-5-7-9-11-13-15-17-19-21-23-25-27-29-31-33-35-37-39-41-43-45-47-49-51-53-55-57-59-61-63-65-67-75(88)84-71(70-94-82-80(93)78(91)81(74(69-86)96-82)97-83-79(92)77(90)76(89)73(68-85)95-83)72(87)66-64-62-60-58-56-54-52-50-48-46-44-42-40-38-36-34-32-30-28-26-24-22-20-18-16-14-12-10-8-6-4-2/h48,50,56,58,64,66,71-74,76-83,85-87,89-93H,3-47,49,51-55,57,59-63,65,67-70H2,1-2H3,(H,84,88)/b50-48+,58-56+,66-64+. The highest BCUT2D eigenvalue weighted by molar-refractivity contribution is 5.76. The van der Waals surface area contributed by atoms with Gasteiger partial charge in [-0.05, 0) is 44.9 Å². The van der Waals surface area contributed by atoms with Crippen molar-refractivity contribution in [3.05, 3.63) is 36.5 Å². The molecule has 2 fully saturated rings. The van der Waals surface area contributed by atoms with E-state index < -0.39 is 86.8 Å². The van der Waals surface area contributed by atoms with Gasteiger partial charge in [0, 0.05) is 6.42 Å². The summed E-state index contributed by atoms with van der Waals surface area (Å²) in [5.74, 6) is -0.245. The molecule has 2 aliphatic heterocycles. The third-order valence-electron chi connectivity index (χ3n) is 20.6.